The number of rotatable bonds is 6. The van der Waals surface area contributed by atoms with Gasteiger partial charge >= 0.3 is 0 Å². The minimum absolute atomic E-state index is 0.706. The summed E-state index contributed by atoms with van der Waals surface area (Å²) in [5.41, 5.74) is 4.27. The molecule has 4 heteroatoms. The molecule has 0 fully saturated rings. The molecule has 3 aromatic rings. The van der Waals surface area contributed by atoms with Crippen LogP contribution in [-0.4, -0.2) is 21.1 Å². The van der Waals surface area contributed by atoms with Crippen molar-refractivity contribution in [3.05, 3.63) is 54.1 Å². The Morgan fingerprint density at radius 1 is 1.14 bits per heavy atom. The van der Waals surface area contributed by atoms with E-state index in [4.69, 9.17) is 4.74 Å². The van der Waals surface area contributed by atoms with Crippen molar-refractivity contribution in [3.8, 4) is 5.75 Å². The number of pyridine rings is 1. The maximum Gasteiger partial charge on any atom is 0.125 e. The third-order valence-electron chi connectivity index (χ3n) is 3.86. The first-order valence-corrected chi connectivity index (χ1v) is 7.76. The molecule has 0 aliphatic rings. The van der Waals surface area contributed by atoms with E-state index in [0.717, 1.165) is 47.5 Å². The Morgan fingerprint density at radius 2 is 2.00 bits per heavy atom. The largest absolute Gasteiger partial charge is 0.493 e. The van der Waals surface area contributed by atoms with Crippen LogP contribution in [0.15, 0.2) is 42.9 Å². The van der Waals surface area contributed by atoms with Gasteiger partial charge in [0.2, 0.25) is 0 Å². The van der Waals surface area contributed by atoms with Crippen LogP contribution >= 0.6 is 0 Å². The summed E-state index contributed by atoms with van der Waals surface area (Å²) in [6.07, 6.45) is 5.90. The van der Waals surface area contributed by atoms with Gasteiger partial charge in [-0.25, -0.2) is 4.98 Å². The van der Waals surface area contributed by atoms with Gasteiger partial charge in [-0.2, -0.15) is 0 Å². The van der Waals surface area contributed by atoms with Crippen LogP contribution in [0.25, 0.3) is 11.0 Å². The third kappa shape index (κ3) is 2.96. The standard InChI is InChI=1S/C18H21N3O/c1-3-4-11-22-18-9-10-19-16(14(18)2)12-21-13-20-15-7-5-6-8-17(15)21/h5-10,13H,3-4,11-12H2,1-2H3. The van der Waals surface area contributed by atoms with Crippen molar-refractivity contribution in [2.45, 2.75) is 33.2 Å². The molecule has 0 N–H and O–H groups in total. The SMILES string of the molecule is CCCCOc1ccnc(Cn2cnc3ccccc32)c1C. The van der Waals surface area contributed by atoms with Gasteiger partial charge in [-0.3, -0.25) is 4.98 Å². The van der Waals surface area contributed by atoms with Gasteiger partial charge < -0.3 is 9.30 Å². The highest BCUT2D eigenvalue weighted by molar-refractivity contribution is 5.75. The highest BCUT2D eigenvalue weighted by Gasteiger charge is 2.09. The van der Waals surface area contributed by atoms with Gasteiger partial charge in [-0.1, -0.05) is 25.5 Å². The van der Waals surface area contributed by atoms with Gasteiger partial charge in [0.25, 0.3) is 0 Å². The molecule has 0 aliphatic heterocycles. The Hall–Kier alpha value is -2.36. The molecule has 2 heterocycles. The molecule has 0 spiro atoms. The minimum atomic E-state index is 0.706. The molecule has 22 heavy (non-hydrogen) atoms. The maximum absolute atomic E-state index is 5.86. The summed E-state index contributed by atoms with van der Waals surface area (Å²) in [6.45, 7) is 5.70. The number of unbranched alkanes of at least 4 members (excludes halogenated alkanes) is 1. The molecule has 0 amide bonds. The molecule has 0 radical (unpaired) electrons. The minimum Gasteiger partial charge on any atom is -0.493 e. The molecule has 0 aliphatic carbocycles. The molecule has 114 valence electrons. The highest BCUT2D eigenvalue weighted by Crippen LogP contribution is 2.22. The first-order chi connectivity index (χ1) is 10.8. The number of imidazole rings is 1. The van der Waals surface area contributed by atoms with Crippen LogP contribution in [0, 0.1) is 6.92 Å². The topological polar surface area (TPSA) is 39.9 Å². The van der Waals surface area contributed by atoms with E-state index in [9.17, 15) is 0 Å². The number of hydrogen-bond donors (Lipinski definition) is 0. The number of benzene rings is 1. The van der Waals surface area contributed by atoms with Gasteiger partial charge in [0.15, 0.2) is 0 Å². The molecule has 0 saturated heterocycles. The van der Waals surface area contributed by atoms with Crippen LogP contribution in [0.3, 0.4) is 0 Å². The molecule has 1 aromatic carbocycles. The average Bonchev–Trinajstić information content (AvgIpc) is 2.94. The molecular weight excluding hydrogens is 274 g/mol. The summed E-state index contributed by atoms with van der Waals surface area (Å²) in [5, 5.41) is 0. The molecule has 0 atom stereocenters. The lowest BCUT2D eigenvalue weighted by atomic mass is 10.2. The summed E-state index contributed by atoms with van der Waals surface area (Å²) in [5.74, 6) is 0.933. The molecule has 0 unspecified atom stereocenters. The van der Waals surface area contributed by atoms with E-state index >= 15 is 0 Å². The quantitative estimate of drug-likeness (QED) is 0.646. The predicted molar refractivity (Wildman–Crippen MR) is 88.2 cm³/mol. The number of ether oxygens (including phenoxy) is 1. The second-order valence-corrected chi connectivity index (χ2v) is 5.44. The second-order valence-electron chi connectivity index (χ2n) is 5.44. The van der Waals surface area contributed by atoms with Gasteiger partial charge in [-0.15, -0.1) is 0 Å². The zero-order valence-electron chi connectivity index (χ0n) is 13.1. The van der Waals surface area contributed by atoms with Gasteiger partial charge in [-0.05, 0) is 31.5 Å². The zero-order valence-corrected chi connectivity index (χ0v) is 13.1. The third-order valence-corrected chi connectivity index (χ3v) is 3.86. The van der Waals surface area contributed by atoms with Crippen molar-refractivity contribution in [3.63, 3.8) is 0 Å². The monoisotopic (exact) mass is 295 g/mol. The average molecular weight is 295 g/mol. The molecular formula is C18H21N3O. The lowest BCUT2D eigenvalue weighted by Crippen LogP contribution is -2.05. The highest BCUT2D eigenvalue weighted by atomic mass is 16.5. The van der Waals surface area contributed by atoms with Crippen molar-refractivity contribution < 1.29 is 4.74 Å². The van der Waals surface area contributed by atoms with Crippen LogP contribution in [0.2, 0.25) is 0 Å². The Kier molecular flexibility index (Phi) is 4.37. The number of nitrogens with zero attached hydrogens (tertiary/aromatic N) is 3. The van der Waals surface area contributed by atoms with Gasteiger partial charge in [0.1, 0.15) is 5.75 Å². The van der Waals surface area contributed by atoms with Crippen molar-refractivity contribution in [2.75, 3.05) is 6.61 Å². The Morgan fingerprint density at radius 3 is 2.86 bits per heavy atom. The van der Waals surface area contributed by atoms with Crippen LogP contribution < -0.4 is 4.74 Å². The number of hydrogen-bond acceptors (Lipinski definition) is 3. The van der Waals surface area contributed by atoms with Crippen LogP contribution in [0.1, 0.15) is 31.0 Å². The summed E-state index contributed by atoms with van der Waals surface area (Å²) in [7, 11) is 0. The van der Waals surface area contributed by atoms with E-state index in [0.29, 0.717) is 6.54 Å². The smallest absolute Gasteiger partial charge is 0.125 e. The normalized spacial score (nSPS) is 11.0. The fourth-order valence-corrected chi connectivity index (χ4v) is 2.50. The molecule has 0 saturated carbocycles. The first-order valence-electron chi connectivity index (χ1n) is 7.76. The van der Waals surface area contributed by atoms with E-state index < -0.39 is 0 Å². The molecule has 3 rings (SSSR count). The van der Waals surface area contributed by atoms with E-state index in [2.05, 4.69) is 34.4 Å². The van der Waals surface area contributed by atoms with Crippen LogP contribution in [-0.2, 0) is 6.54 Å². The van der Waals surface area contributed by atoms with Crippen molar-refractivity contribution in [2.24, 2.45) is 0 Å². The summed E-state index contributed by atoms with van der Waals surface area (Å²) in [4.78, 5) is 8.95. The van der Waals surface area contributed by atoms with Crippen molar-refractivity contribution in [1.82, 2.24) is 14.5 Å². The van der Waals surface area contributed by atoms with Crippen molar-refractivity contribution >= 4 is 11.0 Å². The number of para-hydroxylation sites is 2. The fraction of sp³-hybridized carbons (Fsp3) is 0.333. The first kappa shape index (κ1) is 14.6. The molecule has 4 nitrogen and oxygen atoms in total. The maximum atomic E-state index is 5.86. The Labute approximate surface area is 130 Å². The van der Waals surface area contributed by atoms with Crippen molar-refractivity contribution in [1.29, 1.82) is 0 Å². The predicted octanol–water partition coefficient (Wildman–Crippen LogP) is 3.97. The lowest BCUT2D eigenvalue weighted by Gasteiger charge is -2.12. The molecule has 0 bridgehead atoms. The van der Waals surface area contributed by atoms with E-state index in [1.165, 1.54) is 0 Å². The Balaban J connectivity index is 1.84. The van der Waals surface area contributed by atoms with E-state index in [1.54, 1.807) is 0 Å². The summed E-state index contributed by atoms with van der Waals surface area (Å²) < 4.78 is 7.99. The van der Waals surface area contributed by atoms with Crippen LogP contribution in [0.4, 0.5) is 0 Å². The second kappa shape index (κ2) is 6.60. The van der Waals surface area contributed by atoms with E-state index in [1.807, 2.05) is 36.8 Å². The van der Waals surface area contributed by atoms with Gasteiger partial charge in [0, 0.05) is 11.8 Å². The van der Waals surface area contributed by atoms with Gasteiger partial charge in [0.05, 0.1) is 36.2 Å². The Bertz CT molecular complexity index is 764. The van der Waals surface area contributed by atoms with E-state index in [-0.39, 0.29) is 0 Å². The fourth-order valence-electron chi connectivity index (χ4n) is 2.50. The lowest BCUT2D eigenvalue weighted by molar-refractivity contribution is 0.306. The van der Waals surface area contributed by atoms with Crippen LogP contribution in [0.5, 0.6) is 5.75 Å². The number of fused-ring (bicyclic) bond motifs is 1. The summed E-state index contributed by atoms with van der Waals surface area (Å²) >= 11 is 0. The zero-order chi connectivity index (χ0) is 15.4. The summed E-state index contributed by atoms with van der Waals surface area (Å²) in [6, 6.07) is 10.1. The molecule has 2 aromatic heterocycles. The number of aromatic nitrogens is 3.